The first-order valence-corrected chi connectivity index (χ1v) is 8.45. The molecule has 1 N–H and O–H groups in total. The van der Waals surface area contributed by atoms with Gasteiger partial charge < -0.3 is 10.2 Å². The van der Waals surface area contributed by atoms with E-state index < -0.39 is 0 Å². The monoisotopic (exact) mass is 346 g/mol. The van der Waals surface area contributed by atoms with Crippen LogP contribution < -0.4 is 5.32 Å². The Morgan fingerprint density at radius 1 is 1.12 bits per heavy atom. The number of benzene rings is 2. The van der Waals surface area contributed by atoms with Crippen LogP contribution in [0.1, 0.15) is 16.8 Å². The molecule has 0 radical (unpaired) electrons. The minimum absolute atomic E-state index is 0.124. The summed E-state index contributed by atoms with van der Waals surface area (Å²) < 4.78 is 13.5. The van der Waals surface area contributed by atoms with Crippen molar-refractivity contribution in [2.75, 3.05) is 25.2 Å². The highest BCUT2D eigenvalue weighted by atomic mass is 32.2. The molecule has 0 atom stereocenters. The fourth-order valence-corrected chi connectivity index (χ4v) is 2.92. The van der Waals surface area contributed by atoms with Gasteiger partial charge >= 0.3 is 0 Å². The lowest BCUT2D eigenvalue weighted by Crippen LogP contribution is -2.22. The Morgan fingerprint density at radius 2 is 1.88 bits per heavy atom. The lowest BCUT2D eigenvalue weighted by Gasteiger charge is -2.11. The van der Waals surface area contributed by atoms with E-state index in [2.05, 4.69) is 5.32 Å². The first-order valence-electron chi connectivity index (χ1n) is 7.46. The maximum atomic E-state index is 13.5. The Bertz CT molecular complexity index is 734. The number of amides is 2. The van der Waals surface area contributed by atoms with Crippen LogP contribution in [0.2, 0.25) is 0 Å². The van der Waals surface area contributed by atoms with E-state index in [0.29, 0.717) is 21.9 Å². The van der Waals surface area contributed by atoms with Crippen molar-refractivity contribution in [2.45, 2.75) is 11.3 Å². The summed E-state index contributed by atoms with van der Waals surface area (Å²) in [5.41, 5.74) is 1.09. The van der Waals surface area contributed by atoms with E-state index in [4.69, 9.17) is 0 Å². The Morgan fingerprint density at radius 3 is 2.58 bits per heavy atom. The maximum absolute atomic E-state index is 13.5. The molecular formula is C18H19FN2O2S. The van der Waals surface area contributed by atoms with Crippen molar-refractivity contribution in [3.05, 3.63) is 59.9 Å². The molecule has 0 bridgehead atoms. The van der Waals surface area contributed by atoms with Crippen molar-refractivity contribution in [3.8, 4) is 0 Å². The number of hydrogen-bond donors (Lipinski definition) is 1. The summed E-state index contributed by atoms with van der Waals surface area (Å²) in [6.45, 7) is 0. The van der Waals surface area contributed by atoms with Gasteiger partial charge in [0.25, 0.3) is 5.91 Å². The van der Waals surface area contributed by atoms with Gasteiger partial charge in [0.2, 0.25) is 5.91 Å². The van der Waals surface area contributed by atoms with E-state index in [1.807, 2.05) is 0 Å². The molecule has 2 aromatic rings. The average Bonchev–Trinajstić information content (AvgIpc) is 2.56. The van der Waals surface area contributed by atoms with Crippen LogP contribution >= 0.6 is 11.8 Å². The van der Waals surface area contributed by atoms with E-state index in [1.54, 1.807) is 56.6 Å². The molecule has 0 heterocycles. The third-order valence-corrected chi connectivity index (χ3v) is 4.27. The number of nitrogens with one attached hydrogen (secondary N) is 1. The van der Waals surface area contributed by atoms with Crippen molar-refractivity contribution in [1.82, 2.24) is 4.90 Å². The molecule has 2 amide bonds. The molecule has 0 aliphatic rings. The average molecular weight is 346 g/mol. The molecule has 0 aliphatic heterocycles. The van der Waals surface area contributed by atoms with E-state index >= 15 is 0 Å². The summed E-state index contributed by atoms with van der Waals surface area (Å²) in [6.07, 6.45) is 0.255. The summed E-state index contributed by atoms with van der Waals surface area (Å²) in [5, 5.41) is 2.76. The van der Waals surface area contributed by atoms with Crippen molar-refractivity contribution in [3.63, 3.8) is 0 Å². The van der Waals surface area contributed by atoms with Gasteiger partial charge in [0, 0.05) is 42.4 Å². The molecule has 0 fully saturated rings. The molecule has 2 rings (SSSR count). The van der Waals surface area contributed by atoms with Crippen LogP contribution in [0.15, 0.2) is 53.4 Å². The van der Waals surface area contributed by atoms with Gasteiger partial charge in [-0.2, -0.15) is 0 Å². The van der Waals surface area contributed by atoms with Gasteiger partial charge in [0.15, 0.2) is 0 Å². The molecular weight excluding hydrogens is 327 g/mol. The smallest absolute Gasteiger partial charge is 0.253 e. The fraction of sp³-hybridized carbons (Fsp3) is 0.222. The number of nitrogens with zero attached hydrogens (tertiary/aromatic N) is 1. The minimum atomic E-state index is -0.280. The van der Waals surface area contributed by atoms with Crippen molar-refractivity contribution < 1.29 is 14.0 Å². The number of hydrogen-bond acceptors (Lipinski definition) is 3. The molecule has 6 heteroatoms. The van der Waals surface area contributed by atoms with Crippen LogP contribution in [-0.2, 0) is 4.79 Å². The van der Waals surface area contributed by atoms with E-state index in [-0.39, 0.29) is 24.1 Å². The zero-order valence-corrected chi connectivity index (χ0v) is 14.4. The van der Waals surface area contributed by atoms with Gasteiger partial charge in [0.1, 0.15) is 5.82 Å². The number of halogens is 1. The van der Waals surface area contributed by atoms with Gasteiger partial charge in [-0.25, -0.2) is 4.39 Å². The van der Waals surface area contributed by atoms with Gasteiger partial charge in [-0.1, -0.05) is 18.2 Å². The Labute approximate surface area is 145 Å². The first kappa shape index (κ1) is 18.0. The molecule has 126 valence electrons. The lowest BCUT2D eigenvalue weighted by atomic mass is 10.2. The van der Waals surface area contributed by atoms with Crippen LogP contribution in [0, 0.1) is 5.82 Å². The van der Waals surface area contributed by atoms with E-state index in [0.717, 1.165) is 0 Å². The molecule has 2 aromatic carbocycles. The van der Waals surface area contributed by atoms with Crippen LogP contribution in [0.3, 0.4) is 0 Å². The third kappa shape index (κ3) is 5.09. The first-order chi connectivity index (χ1) is 11.5. The number of rotatable bonds is 6. The normalized spacial score (nSPS) is 10.3. The predicted molar refractivity (Wildman–Crippen MR) is 94.8 cm³/mol. The number of carbonyl (C=O) groups excluding carboxylic acids is 2. The summed E-state index contributed by atoms with van der Waals surface area (Å²) in [5.74, 6) is -0.101. The third-order valence-electron chi connectivity index (χ3n) is 3.22. The Balaban J connectivity index is 1.87. The number of anilines is 1. The second-order valence-electron chi connectivity index (χ2n) is 5.36. The highest BCUT2D eigenvalue weighted by Gasteiger charge is 2.10. The second kappa shape index (κ2) is 8.49. The maximum Gasteiger partial charge on any atom is 0.253 e. The molecule has 0 spiro atoms. The number of thioether (sulfide) groups is 1. The predicted octanol–water partition coefficient (Wildman–Crippen LogP) is 3.65. The standard InChI is InChI=1S/C18H19FN2O2S/c1-21(2)18(23)13-6-5-7-14(12-13)20-17(22)10-11-24-16-9-4-3-8-15(16)19/h3-9,12H,10-11H2,1-2H3,(H,20,22). The zero-order chi connectivity index (χ0) is 17.5. The minimum Gasteiger partial charge on any atom is -0.345 e. The van der Waals surface area contributed by atoms with Gasteiger partial charge in [-0.15, -0.1) is 11.8 Å². The molecule has 0 aliphatic carbocycles. The van der Waals surface area contributed by atoms with E-state index in [1.165, 1.54) is 22.7 Å². The van der Waals surface area contributed by atoms with Gasteiger partial charge in [0.05, 0.1) is 0 Å². The highest BCUT2D eigenvalue weighted by molar-refractivity contribution is 7.99. The van der Waals surface area contributed by atoms with Crippen LogP contribution in [-0.4, -0.2) is 36.6 Å². The van der Waals surface area contributed by atoms with Crippen LogP contribution in [0.25, 0.3) is 0 Å². The Kier molecular flexibility index (Phi) is 6.37. The molecule has 0 saturated carbocycles. The van der Waals surface area contributed by atoms with Gasteiger partial charge in [-0.3, -0.25) is 9.59 Å². The highest BCUT2D eigenvalue weighted by Crippen LogP contribution is 2.22. The largest absolute Gasteiger partial charge is 0.345 e. The fourth-order valence-electron chi connectivity index (χ4n) is 2.03. The van der Waals surface area contributed by atoms with Crippen LogP contribution in [0.4, 0.5) is 10.1 Å². The molecule has 24 heavy (non-hydrogen) atoms. The molecule has 4 nitrogen and oxygen atoms in total. The quantitative estimate of drug-likeness (QED) is 0.812. The summed E-state index contributed by atoms with van der Waals surface area (Å²) in [4.78, 5) is 25.9. The second-order valence-corrected chi connectivity index (χ2v) is 6.49. The summed E-state index contributed by atoms with van der Waals surface area (Å²) in [6, 6.07) is 13.3. The topological polar surface area (TPSA) is 49.4 Å². The number of carbonyl (C=O) groups is 2. The lowest BCUT2D eigenvalue weighted by molar-refractivity contribution is -0.115. The van der Waals surface area contributed by atoms with Gasteiger partial charge in [-0.05, 0) is 30.3 Å². The summed E-state index contributed by atoms with van der Waals surface area (Å²) >= 11 is 1.30. The van der Waals surface area contributed by atoms with Crippen molar-refractivity contribution >= 4 is 29.3 Å². The molecule has 0 aromatic heterocycles. The van der Waals surface area contributed by atoms with Crippen molar-refractivity contribution in [1.29, 1.82) is 0 Å². The zero-order valence-electron chi connectivity index (χ0n) is 13.6. The van der Waals surface area contributed by atoms with Crippen molar-refractivity contribution in [2.24, 2.45) is 0 Å². The SMILES string of the molecule is CN(C)C(=O)c1cccc(NC(=O)CCSc2ccccc2F)c1. The Hall–Kier alpha value is -2.34. The van der Waals surface area contributed by atoms with Crippen LogP contribution in [0.5, 0.6) is 0 Å². The summed E-state index contributed by atoms with van der Waals surface area (Å²) in [7, 11) is 3.35. The molecule has 0 unspecified atom stereocenters. The van der Waals surface area contributed by atoms with E-state index in [9.17, 15) is 14.0 Å². The molecule has 0 saturated heterocycles.